The number of hydrogen-bond donors (Lipinski definition) is 1. The maximum Gasteiger partial charge on any atom is 0.253 e. The fourth-order valence-electron chi connectivity index (χ4n) is 1.60. The monoisotopic (exact) mass is 275 g/mol. The first kappa shape index (κ1) is 13.2. The lowest BCUT2D eigenvalue weighted by molar-refractivity contribution is 0.295. The Bertz CT molecular complexity index is 640. The minimum absolute atomic E-state index is 0.110. The number of para-hydroxylation sites is 1. The summed E-state index contributed by atoms with van der Waals surface area (Å²) < 4.78 is 7.08. The van der Waals surface area contributed by atoms with Gasteiger partial charge in [-0.1, -0.05) is 24.4 Å². The highest BCUT2D eigenvalue weighted by molar-refractivity contribution is 7.80. The van der Waals surface area contributed by atoms with Crippen LogP contribution in [0.2, 0.25) is 0 Å². The maximum absolute atomic E-state index is 11.5. The molecule has 0 unspecified atom stereocenters. The Morgan fingerprint density at radius 1 is 1.37 bits per heavy atom. The number of nitrogens with zero attached hydrogens (tertiary/aromatic N) is 2. The summed E-state index contributed by atoms with van der Waals surface area (Å²) in [5.41, 5.74) is 6.19. The third-order valence-corrected chi connectivity index (χ3v) is 2.75. The normalized spacial score (nSPS) is 10.1. The molecule has 0 aliphatic rings. The number of hydrogen-bond acceptors (Lipinski definition) is 4. The molecule has 0 aliphatic carbocycles. The smallest absolute Gasteiger partial charge is 0.253 e. The molecule has 2 N–H and O–H groups in total. The summed E-state index contributed by atoms with van der Waals surface area (Å²) in [5, 5.41) is 0. The quantitative estimate of drug-likeness (QED) is 0.823. The van der Waals surface area contributed by atoms with Crippen LogP contribution in [0.5, 0.6) is 5.75 Å². The molecule has 19 heavy (non-hydrogen) atoms. The van der Waals surface area contributed by atoms with Gasteiger partial charge in [0.2, 0.25) is 0 Å². The molecule has 98 valence electrons. The van der Waals surface area contributed by atoms with E-state index in [9.17, 15) is 4.79 Å². The minimum atomic E-state index is -0.110. The lowest BCUT2D eigenvalue weighted by Crippen LogP contribution is -2.22. The van der Waals surface area contributed by atoms with Crippen LogP contribution in [0.4, 0.5) is 0 Å². The van der Waals surface area contributed by atoms with Crippen LogP contribution in [-0.2, 0) is 6.54 Å². The van der Waals surface area contributed by atoms with E-state index in [-0.39, 0.29) is 10.5 Å². The zero-order valence-corrected chi connectivity index (χ0v) is 11.0. The van der Waals surface area contributed by atoms with Gasteiger partial charge in [0.25, 0.3) is 5.56 Å². The van der Waals surface area contributed by atoms with E-state index in [2.05, 4.69) is 4.98 Å². The van der Waals surface area contributed by atoms with E-state index in [0.29, 0.717) is 24.5 Å². The number of nitrogens with two attached hydrogens (primary N) is 1. The molecule has 0 saturated carbocycles. The van der Waals surface area contributed by atoms with Crippen LogP contribution in [0.1, 0.15) is 5.56 Å². The van der Waals surface area contributed by atoms with Crippen LogP contribution in [0.15, 0.2) is 47.7 Å². The fourth-order valence-corrected chi connectivity index (χ4v) is 1.76. The molecule has 0 atom stereocenters. The summed E-state index contributed by atoms with van der Waals surface area (Å²) in [4.78, 5) is 15.6. The number of aromatic nitrogens is 2. The highest BCUT2D eigenvalue weighted by Gasteiger charge is 2.05. The summed E-state index contributed by atoms with van der Waals surface area (Å²) in [6.07, 6.45) is 2.94. The van der Waals surface area contributed by atoms with Crippen molar-refractivity contribution in [3.63, 3.8) is 0 Å². The van der Waals surface area contributed by atoms with Crippen LogP contribution in [-0.4, -0.2) is 21.1 Å². The van der Waals surface area contributed by atoms with Gasteiger partial charge in [0, 0.05) is 12.3 Å². The predicted octanol–water partition coefficient (Wildman–Crippen LogP) is 0.956. The third kappa shape index (κ3) is 3.38. The molecular formula is C13H13N3O2S. The maximum atomic E-state index is 11.5. The van der Waals surface area contributed by atoms with Gasteiger partial charge in [0.15, 0.2) is 0 Å². The molecule has 0 radical (unpaired) electrons. The van der Waals surface area contributed by atoms with Crippen molar-refractivity contribution in [3.05, 3.63) is 58.8 Å². The number of rotatable bonds is 5. The number of ether oxygens (including phenoxy) is 1. The van der Waals surface area contributed by atoms with Crippen LogP contribution in [0.3, 0.4) is 0 Å². The van der Waals surface area contributed by atoms with Crippen molar-refractivity contribution in [3.8, 4) is 5.75 Å². The number of benzene rings is 1. The van der Waals surface area contributed by atoms with E-state index in [1.165, 1.54) is 23.2 Å². The first-order valence-electron chi connectivity index (χ1n) is 5.70. The average Bonchev–Trinajstić information content (AvgIpc) is 2.41. The van der Waals surface area contributed by atoms with E-state index in [1.54, 1.807) is 12.1 Å². The van der Waals surface area contributed by atoms with Crippen molar-refractivity contribution in [1.29, 1.82) is 0 Å². The standard InChI is InChI=1S/C13H13N3O2S/c14-13(19)10-3-1-2-4-11(10)18-8-7-16-9-15-6-5-12(16)17/h1-6,9H,7-8H2,(H2,14,19). The molecule has 0 fully saturated rings. The Kier molecular flexibility index (Phi) is 4.25. The lowest BCUT2D eigenvalue weighted by Gasteiger charge is -2.11. The van der Waals surface area contributed by atoms with Gasteiger partial charge in [0.05, 0.1) is 18.4 Å². The van der Waals surface area contributed by atoms with Crippen molar-refractivity contribution in [2.75, 3.05) is 6.61 Å². The Balaban J connectivity index is 2.02. The van der Waals surface area contributed by atoms with Crippen LogP contribution >= 0.6 is 12.2 Å². The van der Waals surface area contributed by atoms with Crippen molar-refractivity contribution in [2.45, 2.75) is 6.54 Å². The van der Waals surface area contributed by atoms with Crippen LogP contribution in [0, 0.1) is 0 Å². The predicted molar refractivity (Wildman–Crippen MR) is 76.3 cm³/mol. The Morgan fingerprint density at radius 2 is 2.16 bits per heavy atom. The molecule has 0 amide bonds. The van der Waals surface area contributed by atoms with Crippen LogP contribution < -0.4 is 16.0 Å². The highest BCUT2D eigenvalue weighted by atomic mass is 32.1. The summed E-state index contributed by atoms with van der Waals surface area (Å²) in [6.45, 7) is 0.754. The zero-order chi connectivity index (χ0) is 13.7. The molecule has 2 aromatic rings. The van der Waals surface area contributed by atoms with Gasteiger partial charge in [-0.05, 0) is 12.1 Å². The first-order valence-corrected chi connectivity index (χ1v) is 6.11. The topological polar surface area (TPSA) is 70.1 Å². The van der Waals surface area contributed by atoms with Crippen molar-refractivity contribution < 1.29 is 4.74 Å². The second-order valence-electron chi connectivity index (χ2n) is 3.82. The fraction of sp³-hybridized carbons (Fsp3) is 0.154. The Labute approximate surface area is 115 Å². The van der Waals surface area contributed by atoms with E-state index < -0.39 is 0 Å². The second kappa shape index (κ2) is 6.10. The second-order valence-corrected chi connectivity index (χ2v) is 4.26. The van der Waals surface area contributed by atoms with Crippen LogP contribution in [0.25, 0.3) is 0 Å². The molecule has 0 spiro atoms. The summed E-state index contributed by atoms with van der Waals surface area (Å²) >= 11 is 4.95. The molecule has 5 nitrogen and oxygen atoms in total. The number of thiocarbonyl (C=S) groups is 1. The first-order chi connectivity index (χ1) is 9.18. The lowest BCUT2D eigenvalue weighted by atomic mass is 10.2. The Morgan fingerprint density at radius 3 is 2.89 bits per heavy atom. The molecule has 1 heterocycles. The van der Waals surface area contributed by atoms with Crippen molar-refractivity contribution in [2.24, 2.45) is 5.73 Å². The molecular weight excluding hydrogens is 262 g/mol. The summed E-state index contributed by atoms with van der Waals surface area (Å²) in [7, 11) is 0. The molecule has 0 bridgehead atoms. The van der Waals surface area contributed by atoms with E-state index >= 15 is 0 Å². The van der Waals surface area contributed by atoms with Gasteiger partial charge < -0.3 is 10.5 Å². The molecule has 1 aromatic carbocycles. The van der Waals surface area contributed by atoms with Crippen molar-refractivity contribution >= 4 is 17.2 Å². The summed E-state index contributed by atoms with van der Waals surface area (Å²) in [5.74, 6) is 0.618. The molecule has 0 aliphatic heterocycles. The van der Waals surface area contributed by atoms with Gasteiger partial charge in [0.1, 0.15) is 17.3 Å². The average molecular weight is 275 g/mol. The van der Waals surface area contributed by atoms with E-state index in [0.717, 1.165) is 0 Å². The minimum Gasteiger partial charge on any atom is -0.491 e. The Hall–Kier alpha value is -2.21. The van der Waals surface area contributed by atoms with Gasteiger partial charge in [-0.3, -0.25) is 9.36 Å². The van der Waals surface area contributed by atoms with Gasteiger partial charge in [-0.2, -0.15) is 0 Å². The molecule has 0 saturated heterocycles. The van der Waals surface area contributed by atoms with E-state index in [1.807, 2.05) is 12.1 Å². The zero-order valence-electron chi connectivity index (χ0n) is 10.2. The largest absolute Gasteiger partial charge is 0.491 e. The van der Waals surface area contributed by atoms with Gasteiger partial charge >= 0.3 is 0 Å². The van der Waals surface area contributed by atoms with Gasteiger partial charge in [-0.15, -0.1) is 0 Å². The van der Waals surface area contributed by atoms with E-state index in [4.69, 9.17) is 22.7 Å². The summed E-state index contributed by atoms with van der Waals surface area (Å²) in [6, 6.07) is 8.68. The third-order valence-electron chi connectivity index (χ3n) is 2.53. The molecule has 1 aromatic heterocycles. The van der Waals surface area contributed by atoms with Crippen molar-refractivity contribution in [1.82, 2.24) is 9.55 Å². The molecule has 2 rings (SSSR count). The van der Waals surface area contributed by atoms with Gasteiger partial charge in [-0.25, -0.2) is 4.98 Å². The SMILES string of the molecule is NC(=S)c1ccccc1OCCn1cnccc1=O. The highest BCUT2D eigenvalue weighted by Crippen LogP contribution is 2.17. The molecule has 6 heteroatoms.